The average molecular weight is 344 g/mol. The summed E-state index contributed by atoms with van der Waals surface area (Å²) in [6.45, 7) is 0.275. The summed E-state index contributed by atoms with van der Waals surface area (Å²) in [6, 6.07) is 1.30. The molecule has 1 aliphatic rings. The monoisotopic (exact) mass is 343 g/mol. The Labute approximate surface area is 124 Å². The maximum atomic E-state index is 12.4. The largest absolute Gasteiger partial charge is 0.481 e. The topological polar surface area (TPSA) is 74.7 Å². The van der Waals surface area contributed by atoms with Crippen molar-refractivity contribution in [3.8, 4) is 0 Å². The van der Waals surface area contributed by atoms with Crippen molar-refractivity contribution < 1.29 is 18.3 Å². The van der Waals surface area contributed by atoms with Gasteiger partial charge in [-0.15, -0.1) is 11.3 Å². The van der Waals surface area contributed by atoms with Gasteiger partial charge in [-0.05, 0) is 18.9 Å². The summed E-state index contributed by atoms with van der Waals surface area (Å²) in [7, 11) is -3.77. The van der Waals surface area contributed by atoms with Crippen molar-refractivity contribution in [1.82, 2.24) is 4.31 Å². The zero-order chi connectivity index (χ0) is 14.2. The van der Waals surface area contributed by atoms with Gasteiger partial charge in [0, 0.05) is 13.1 Å². The molecular weight excluding hydrogens is 333 g/mol. The molecule has 19 heavy (non-hydrogen) atoms. The summed E-state index contributed by atoms with van der Waals surface area (Å²) in [6.07, 6.45) is 1.01. The van der Waals surface area contributed by atoms with Gasteiger partial charge in [-0.25, -0.2) is 8.42 Å². The maximum Gasteiger partial charge on any atom is 0.307 e. The van der Waals surface area contributed by atoms with Crippen molar-refractivity contribution in [3.63, 3.8) is 0 Å². The van der Waals surface area contributed by atoms with E-state index in [1.165, 1.54) is 10.4 Å². The highest BCUT2D eigenvalue weighted by molar-refractivity contribution is 7.89. The van der Waals surface area contributed by atoms with Crippen LogP contribution in [0, 0.1) is 5.92 Å². The lowest BCUT2D eigenvalue weighted by Crippen LogP contribution is -2.42. The number of halogens is 2. The van der Waals surface area contributed by atoms with Gasteiger partial charge in [0.1, 0.15) is 9.23 Å². The second-order valence-electron chi connectivity index (χ2n) is 4.23. The molecule has 1 aromatic heterocycles. The predicted molar refractivity (Wildman–Crippen MR) is 73.5 cm³/mol. The minimum Gasteiger partial charge on any atom is -0.481 e. The molecule has 0 saturated carbocycles. The standard InChI is InChI=1S/C10H11Cl2NO4S2/c11-8-4-7(9(12)18-8)19(16,17)13-3-1-2-6(5-13)10(14)15/h4,6H,1-3,5H2,(H,14,15). The van der Waals surface area contributed by atoms with E-state index in [2.05, 4.69) is 0 Å². The molecule has 0 bridgehead atoms. The molecule has 0 amide bonds. The SMILES string of the molecule is O=C(O)C1CCCN(S(=O)(=O)c2cc(Cl)sc2Cl)C1. The van der Waals surface area contributed by atoms with Crippen molar-refractivity contribution >= 4 is 50.5 Å². The van der Waals surface area contributed by atoms with Crippen LogP contribution in [-0.2, 0) is 14.8 Å². The van der Waals surface area contributed by atoms with E-state index in [9.17, 15) is 13.2 Å². The van der Waals surface area contributed by atoms with E-state index in [-0.39, 0.29) is 20.1 Å². The Kier molecular flexibility index (Phi) is 4.42. The zero-order valence-corrected chi connectivity index (χ0v) is 12.8. The number of carboxylic acid groups (broad SMARTS) is 1. The van der Waals surface area contributed by atoms with Gasteiger partial charge in [-0.1, -0.05) is 23.2 Å². The lowest BCUT2D eigenvalue weighted by atomic mass is 10.0. The van der Waals surface area contributed by atoms with Crippen molar-refractivity contribution in [1.29, 1.82) is 0 Å². The highest BCUT2D eigenvalue weighted by Gasteiger charge is 2.35. The van der Waals surface area contributed by atoms with Gasteiger partial charge in [0.2, 0.25) is 10.0 Å². The van der Waals surface area contributed by atoms with Crippen LogP contribution in [0.3, 0.4) is 0 Å². The van der Waals surface area contributed by atoms with Crippen LogP contribution >= 0.6 is 34.5 Å². The smallest absolute Gasteiger partial charge is 0.307 e. The second-order valence-corrected chi connectivity index (χ2v) is 8.42. The maximum absolute atomic E-state index is 12.4. The zero-order valence-electron chi connectivity index (χ0n) is 9.67. The lowest BCUT2D eigenvalue weighted by molar-refractivity contribution is -0.142. The molecule has 1 fully saturated rings. The third-order valence-corrected chi connectivity index (χ3v) is 6.59. The Morgan fingerprint density at radius 3 is 2.68 bits per heavy atom. The molecule has 106 valence electrons. The van der Waals surface area contributed by atoms with Gasteiger partial charge < -0.3 is 5.11 Å². The van der Waals surface area contributed by atoms with E-state index < -0.39 is 21.9 Å². The molecular formula is C10H11Cl2NO4S2. The number of thiophene rings is 1. The summed E-state index contributed by atoms with van der Waals surface area (Å²) < 4.78 is 26.3. The quantitative estimate of drug-likeness (QED) is 0.914. The van der Waals surface area contributed by atoms with E-state index in [4.69, 9.17) is 28.3 Å². The van der Waals surface area contributed by atoms with Crippen molar-refractivity contribution in [3.05, 3.63) is 14.7 Å². The van der Waals surface area contributed by atoms with E-state index in [0.717, 1.165) is 11.3 Å². The molecule has 1 N–H and O–H groups in total. The first-order chi connectivity index (χ1) is 8.82. The minimum absolute atomic E-state index is 0.0263. The number of hydrogen-bond donors (Lipinski definition) is 1. The predicted octanol–water partition coefficient (Wildman–Crippen LogP) is 2.54. The van der Waals surface area contributed by atoms with Crippen LogP contribution in [0.15, 0.2) is 11.0 Å². The van der Waals surface area contributed by atoms with E-state index in [0.29, 0.717) is 19.4 Å². The molecule has 5 nitrogen and oxygen atoms in total. The highest BCUT2D eigenvalue weighted by Crippen LogP contribution is 2.36. The normalized spacial score (nSPS) is 21.5. The average Bonchev–Trinajstić information content (AvgIpc) is 2.69. The number of rotatable bonds is 3. The minimum atomic E-state index is -3.77. The van der Waals surface area contributed by atoms with E-state index in [1.807, 2.05) is 0 Å². The molecule has 0 spiro atoms. The number of sulfonamides is 1. The lowest BCUT2D eigenvalue weighted by Gasteiger charge is -2.29. The summed E-state index contributed by atoms with van der Waals surface area (Å²) in [5, 5.41) is 8.98. The number of carbonyl (C=O) groups is 1. The number of aliphatic carboxylic acids is 1. The third kappa shape index (κ3) is 3.05. The van der Waals surface area contributed by atoms with Crippen molar-refractivity contribution in [2.45, 2.75) is 17.7 Å². The summed E-state index contributed by atoms with van der Waals surface area (Å²) in [5.74, 6) is -1.65. The number of nitrogens with zero attached hydrogens (tertiary/aromatic N) is 1. The fourth-order valence-electron chi connectivity index (χ4n) is 2.00. The molecule has 1 atom stereocenters. The molecule has 2 rings (SSSR count). The van der Waals surface area contributed by atoms with Crippen LogP contribution < -0.4 is 0 Å². The Morgan fingerprint density at radius 1 is 1.47 bits per heavy atom. The molecule has 1 aromatic rings. The fourth-order valence-corrected chi connectivity index (χ4v) is 5.64. The Balaban J connectivity index is 2.29. The number of hydrogen-bond acceptors (Lipinski definition) is 4. The first kappa shape index (κ1) is 15.1. The number of carboxylic acids is 1. The van der Waals surface area contributed by atoms with E-state index in [1.54, 1.807) is 0 Å². The second kappa shape index (κ2) is 5.57. The highest BCUT2D eigenvalue weighted by atomic mass is 35.5. The Hall–Kier alpha value is -0.340. The first-order valence-corrected chi connectivity index (χ1v) is 8.51. The van der Waals surface area contributed by atoms with Gasteiger partial charge >= 0.3 is 5.97 Å². The van der Waals surface area contributed by atoms with Crippen LogP contribution in [0.2, 0.25) is 8.67 Å². The Bertz CT molecular complexity index is 599. The molecule has 1 unspecified atom stereocenters. The van der Waals surface area contributed by atoms with E-state index >= 15 is 0 Å². The summed E-state index contributed by atoms with van der Waals surface area (Å²) >= 11 is 12.6. The first-order valence-electron chi connectivity index (χ1n) is 5.50. The number of piperidine rings is 1. The molecule has 1 aliphatic heterocycles. The van der Waals surface area contributed by atoms with Gasteiger partial charge in [0.25, 0.3) is 0 Å². The van der Waals surface area contributed by atoms with Crippen molar-refractivity contribution in [2.75, 3.05) is 13.1 Å². The van der Waals surface area contributed by atoms with Crippen LogP contribution in [0.4, 0.5) is 0 Å². The van der Waals surface area contributed by atoms with Crippen LogP contribution in [0.5, 0.6) is 0 Å². The van der Waals surface area contributed by atoms with Crippen LogP contribution in [0.25, 0.3) is 0 Å². The van der Waals surface area contributed by atoms with Gasteiger partial charge in [-0.3, -0.25) is 4.79 Å². The molecule has 2 heterocycles. The Morgan fingerprint density at radius 2 is 2.16 bits per heavy atom. The molecule has 0 aromatic carbocycles. The van der Waals surface area contributed by atoms with Crippen LogP contribution in [0.1, 0.15) is 12.8 Å². The van der Waals surface area contributed by atoms with Crippen LogP contribution in [-0.4, -0.2) is 36.9 Å². The van der Waals surface area contributed by atoms with Gasteiger partial charge in [0.15, 0.2) is 0 Å². The van der Waals surface area contributed by atoms with Gasteiger partial charge in [0.05, 0.1) is 10.3 Å². The third-order valence-electron chi connectivity index (χ3n) is 2.98. The van der Waals surface area contributed by atoms with Gasteiger partial charge in [-0.2, -0.15) is 4.31 Å². The fraction of sp³-hybridized carbons (Fsp3) is 0.500. The molecule has 9 heteroatoms. The molecule has 0 aliphatic carbocycles. The van der Waals surface area contributed by atoms with Crippen molar-refractivity contribution in [2.24, 2.45) is 5.92 Å². The molecule has 0 radical (unpaired) electrons. The molecule has 1 saturated heterocycles. The summed E-state index contributed by atoms with van der Waals surface area (Å²) in [4.78, 5) is 10.9. The summed E-state index contributed by atoms with van der Waals surface area (Å²) in [5.41, 5.74) is 0.